The third kappa shape index (κ3) is 4.69. The van der Waals surface area contributed by atoms with E-state index in [4.69, 9.17) is 4.74 Å². The Labute approximate surface area is 200 Å². The largest absolute Gasteiger partial charge is 0.426 e. The van der Waals surface area contributed by atoms with Crippen LogP contribution in [0.2, 0.25) is 0 Å². The van der Waals surface area contributed by atoms with Crippen molar-refractivity contribution in [3.63, 3.8) is 0 Å². The van der Waals surface area contributed by atoms with Crippen molar-refractivity contribution in [3.8, 4) is 5.75 Å². The van der Waals surface area contributed by atoms with Gasteiger partial charge in [-0.2, -0.15) is 0 Å². The molecule has 4 aromatic carbocycles. The van der Waals surface area contributed by atoms with Crippen LogP contribution in [-0.2, 0) is 16.0 Å². The van der Waals surface area contributed by atoms with Crippen molar-refractivity contribution in [2.45, 2.75) is 31.1 Å². The van der Waals surface area contributed by atoms with Crippen molar-refractivity contribution in [1.29, 1.82) is 0 Å². The fraction of sp³-hybridized carbons (Fsp3) is 0.161. The Morgan fingerprint density at radius 2 is 1.09 bits per heavy atom. The predicted molar refractivity (Wildman–Crippen MR) is 133 cm³/mol. The van der Waals surface area contributed by atoms with Crippen molar-refractivity contribution in [2.75, 3.05) is 0 Å². The van der Waals surface area contributed by atoms with Crippen molar-refractivity contribution in [2.24, 2.45) is 0 Å². The number of para-hydroxylation sites is 1. The van der Waals surface area contributed by atoms with Gasteiger partial charge in [0, 0.05) is 30.2 Å². The molecule has 1 aliphatic carbocycles. The van der Waals surface area contributed by atoms with Crippen LogP contribution in [0.1, 0.15) is 52.5 Å². The molecule has 3 heteroatoms. The van der Waals surface area contributed by atoms with Gasteiger partial charge >= 0.3 is 5.97 Å². The number of carbonyl (C=O) groups excluding carboxylic acids is 2. The highest BCUT2D eigenvalue weighted by Gasteiger charge is 2.28. The molecule has 0 amide bonds. The molecule has 2 aliphatic rings. The number of ketones is 1. The minimum absolute atomic E-state index is 0.119. The Balaban J connectivity index is 0.000000142. The van der Waals surface area contributed by atoms with E-state index < -0.39 is 0 Å². The van der Waals surface area contributed by atoms with E-state index in [0.717, 1.165) is 11.1 Å². The van der Waals surface area contributed by atoms with Crippen molar-refractivity contribution in [1.82, 2.24) is 0 Å². The third-order valence-electron chi connectivity index (χ3n) is 6.54. The monoisotopic (exact) mass is 446 g/mol. The molecular weight excluding hydrogens is 420 g/mol. The number of Topliss-reactive ketones (excluding diaryl/α,β-unsaturated/α-hetero) is 1. The summed E-state index contributed by atoms with van der Waals surface area (Å²) < 4.78 is 5.24. The first-order valence-electron chi connectivity index (χ1n) is 11.7. The number of hydrogen-bond acceptors (Lipinski definition) is 3. The summed E-state index contributed by atoms with van der Waals surface area (Å²) in [6.07, 6.45) is 1.65. The summed E-state index contributed by atoms with van der Waals surface area (Å²) in [5, 5.41) is 0. The molecule has 168 valence electrons. The third-order valence-corrected chi connectivity index (χ3v) is 6.54. The second-order valence-corrected chi connectivity index (χ2v) is 8.76. The molecule has 6 rings (SSSR count). The molecular formula is C31H26O3. The predicted octanol–water partition coefficient (Wildman–Crippen LogP) is 6.46. The maximum Gasteiger partial charge on any atom is 0.312 e. The molecule has 3 nitrogen and oxygen atoms in total. The van der Waals surface area contributed by atoms with Gasteiger partial charge in [-0.25, -0.2) is 0 Å². The molecule has 1 heterocycles. The van der Waals surface area contributed by atoms with E-state index in [9.17, 15) is 9.59 Å². The SMILES string of the molecule is O=C1C[C@H](c2ccccc2)c2ccccc2O1.O=C1Cc2ccccc2[C@@H](c2ccccc2)C1. The Kier molecular flexibility index (Phi) is 6.35. The summed E-state index contributed by atoms with van der Waals surface area (Å²) in [6, 6.07) is 36.4. The number of fused-ring (bicyclic) bond motifs is 2. The number of esters is 1. The zero-order valence-corrected chi connectivity index (χ0v) is 18.9. The number of hydrogen-bond donors (Lipinski definition) is 0. The maximum absolute atomic E-state index is 11.8. The molecule has 2 atom stereocenters. The summed E-state index contributed by atoms with van der Waals surface area (Å²) in [5.41, 5.74) is 6.01. The van der Waals surface area contributed by atoms with Crippen LogP contribution in [0.25, 0.3) is 0 Å². The van der Waals surface area contributed by atoms with E-state index in [-0.39, 0.29) is 17.8 Å². The molecule has 4 aromatic rings. The van der Waals surface area contributed by atoms with Crippen LogP contribution in [0.4, 0.5) is 0 Å². The fourth-order valence-corrected chi connectivity index (χ4v) is 4.93. The zero-order valence-electron chi connectivity index (χ0n) is 18.9. The summed E-state index contributed by atoms with van der Waals surface area (Å²) in [4.78, 5) is 23.4. The topological polar surface area (TPSA) is 43.4 Å². The van der Waals surface area contributed by atoms with Gasteiger partial charge in [-0.05, 0) is 28.3 Å². The first-order chi connectivity index (χ1) is 16.7. The molecule has 0 aromatic heterocycles. The molecule has 0 spiro atoms. The first-order valence-corrected chi connectivity index (χ1v) is 11.7. The lowest BCUT2D eigenvalue weighted by Gasteiger charge is -2.25. The van der Waals surface area contributed by atoms with Crippen molar-refractivity contribution < 1.29 is 14.3 Å². The lowest BCUT2D eigenvalue weighted by atomic mass is 9.78. The van der Waals surface area contributed by atoms with Gasteiger partial charge in [0.2, 0.25) is 0 Å². The summed E-state index contributed by atoms with van der Waals surface area (Å²) >= 11 is 0. The number of ether oxygens (including phenoxy) is 1. The summed E-state index contributed by atoms with van der Waals surface area (Å²) in [6.45, 7) is 0. The highest BCUT2D eigenvalue weighted by molar-refractivity contribution is 5.84. The minimum Gasteiger partial charge on any atom is -0.426 e. The second-order valence-electron chi connectivity index (χ2n) is 8.76. The van der Waals surface area contributed by atoms with Crippen LogP contribution in [0.3, 0.4) is 0 Å². The lowest BCUT2D eigenvalue weighted by molar-refractivity contribution is -0.135. The minimum atomic E-state index is -0.155. The summed E-state index contributed by atoms with van der Waals surface area (Å²) in [7, 11) is 0. The van der Waals surface area contributed by atoms with Gasteiger partial charge in [0.15, 0.2) is 0 Å². The van der Waals surface area contributed by atoms with Gasteiger partial charge in [-0.3, -0.25) is 9.59 Å². The fourth-order valence-electron chi connectivity index (χ4n) is 4.93. The van der Waals surface area contributed by atoms with Gasteiger partial charge in [0.25, 0.3) is 0 Å². The van der Waals surface area contributed by atoms with Crippen LogP contribution in [-0.4, -0.2) is 11.8 Å². The molecule has 0 fully saturated rings. The van der Waals surface area contributed by atoms with Crippen LogP contribution in [0.5, 0.6) is 5.75 Å². The number of benzene rings is 4. The van der Waals surface area contributed by atoms with E-state index in [0.29, 0.717) is 30.8 Å². The average molecular weight is 447 g/mol. The Morgan fingerprint density at radius 3 is 1.76 bits per heavy atom. The van der Waals surface area contributed by atoms with Crippen molar-refractivity contribution >= 4 is 11.8 Å². The second kappa shape index (κ2) is 9.88. The van der Waals surface area contributed by atoms with Gasteiger partial charge in [0.05, 0.1) is 6.42 Å². The lowest BCUT2D eigenvalue weighted by Crippen LogP contribution is -2.20. The molecule has 1 aliphatic heterocycles. The Bertz CT molecular complexity index is 1190. The quantitative estimate of drug-likeness (QED) is 0.262. The van der Waals surface area contributed by atoms with Crippen LogP contribution >= 0.6 is 0 Å². The zero-order chi connectivity index (χ0) is 23.3. The van der Waals surface area contributed by atoms with Crippen LogP contribution < -0.4 is 4.74 Å². The van der Waals surface area contributed by atoms with Gasteiger partial charge in [-0.15, -0.1) is 0 Å². The Hall–Kier alpha value is -3.98. The summed E-state index contributed by atoms with van der Waals surface area (Å²) in [5.74, 6) is 1.25. The Morgan fingerprint density at radius 1 is 0.559 bits per heavy atom. The highest BCUT2D eigenvalue weighted by atomic mass is 16.5. The molecule has 0 N–H and O–H groups in total. The molecule has 34 heavy (non-hydrogen) atoms. The van der Waals surface area contributed by atoms with E-state index in [1.54, 1.807) is 0 Å². The molecule has 0 saturated heterocycles. The number of carbonyl (C=O) groups is 2. The highest BCUT2D eigenvalue weighted by Crippen LogP contribution is 2.38. The van der Waals surface area contributed by atoms with E-state index in [1.165, 1.54) is 16.7 Å². The number of rotatable bonds is 2. The van der Waals surface area contributed by atoms with Crippen molar-refractivity contribution in [3.05, 3.63) is 137 Å². The maximum atomic E-state index is 11.8. The normalized spacial score (nSPS) is 18.6. The van der Waals surface area contributed by atoms with E-state index in [2.05, 4.69) is 42.5 Å². The van der Waals surface area contributed by atoms with Crippen LogP contribution in [0, 0.1) is 0 Å². The van der Waals surface area contributed by atoms with Gasteiger partial charge in [-0.1, -0.05) is 103 Å². The average Bonchev–Trinajstić information content (AvgIpc) is 2.89. The smallest absolute Gasteiger partial charge is 0.312 e. The van der Waals surface area contributed by atoms with E-state index >= 15 is 0 Å². The van der Waals surface area contributed by atoms with Gasteiger partial charge in [0.1, 0.15) is 11.5 Å². The molecule has 0 saturated carbocycles. The molecule has 0 bridgehead atoms. The standard InChI is InChI=1S/C16H14O.C15H12O2/c17-14-10-13-8-4-5-9-15(13)16(11-14)12-6-2-1-3-7-12;16-15-10-13(11-6-2-1-3-7-11)12-8-4-5-9-14(12)17-15/h1-9,16H,10-11H2;1-9,13H,10H2/t16-;13-/m11/s1. The van der Waals surface area contributed by atoms with Crippen LogP contribution in [0.15, 0.2) is 109 Å². The molecule has 0 radical (unpaired) electrons. The van der Waals surface area contributed by atoms with Gasteiger partial charge < -0.3 is 4.74 Å². The first kappa shape index (κ1) is 21.8. The molecule has 0 unspecified atom stereocenters. The van der Waals surface area contributed by atoms with E-state index in [1.807, 2.05) is 66.7 Å².